The summed E-state index contributed by atoms with van der Waals surface area (Å²) in [6, 6.07) is 7.86. The molecule has 1 aromatic rings. The minimum Gasteiger partial charge on any atom is -0.493 e. The molecule has 0 aliphatic heterocycles. The van der Waals surface area contributed by atoms with Crippen molar-refractivity contribution in [3.05, 3.63) is 29.8 Å². The molecule has 0 heterocycles. The molecule has 0 aromatic heterocycles. The molecule has 1 rings (SSSR count). The summed E-state index contributed by atoms with van der Waals surface area (Å²) in [7, 11) is 1.84. The van der Waals surface area contributed by atoms with Gasteiger partial charge in [0.1, 0.15) is 5.75 Å². The molecule has 0 amide bonds. The molecule has 0 N–H and O–H groups in total. The summed E-state index contributed by atoms with van der Waals surface area (Å²) in [5.74, 6) is 0.695. The lowest BCUT2D eigenvalue weighted by molar-refractivity contribution is 0.253. The summed E-state index contributed by atoms with van der Waals surface area (Å²) < 4.78 is 28.0. The van der Waals surface area contributed by atoms with Gasteiger partial charge in [0.05, 0.1) is 12.4 Å². The molecule has 0 saturated heterocycles. The fourth-order valence-corrected chi connectivity index (χ4v) is 3.33. The third-order valence-electron chi connectivity index (χ3n) is 2.92. The van der Waals surface area contributed by atoms with Crippen LogP contribution >= 0.6 is 10.7 Å². The maximum Gasteiger partial charge on any atom is 0.232 e. The van der Waals surface area contributed by atoms with E-state index < -0.39 is 9.05 Å². The second kappa shape index (κ2) is 7.75. The van der Waals surface area contributed by atoms with Gasteiger partial charge in [-0.15, -0.1) is 0 Å². The zero-order valence-electron chi connectivity index (χ0n) is 11.4. The maximum atomic E-state index is 11.1. The van der Waals surface area contributed by atoms with E-state index in [4.69, 9.17) is 15.4 Å². The van der Waals surface area contributed by atoms with Crippen molar-refractivity contribution >= 4 is 19.7 Å². The van der Waals surface area contributed by atoms with Crippen LogP contribution in [0.5, 0.6) is 5.75 Å². The summed E-state index contributed by atoms with van der Waals surface area (Å²) in [5, 5.41) is 0. The van der Waals surface area contributed by atoms with Crippen LogP contribution in [0.2, 0.25) is 0 Å². The second-order valence-corrected chi connectivity index (χ2v) is 7.49. The van der Waals surface area contributed by atoms with Crippen LogP contribution in [-0.2, 0) is 15.5 Å². The number of ether oxygens (including phenoxy) is 1. The summed E-state index contributed by atoms with van der Waals surface area (Å²) in [6.07, 6.45) is 2.65. The lowest BCUT2D eigenvalue weighted by atomic mass is 10.1. The molecule has 0 bridgehead atoms. The van der Waals surface area contributed by atoms with Crippen molar-refractivity contribution in [2.75, 3.05) is 12.4 Å². The number of benzene rings is 1. The Balaban J connectivity index is 2.59. The predicted octanol–water partition coefficient (Wildman–Crippen LogP) is 3.61. The van der Waals surface area contributed by atoms with Crippen molar-refractivity contribution in [2.45, 2.75) is 33.1 Å². The van der Waals surface area contributed by atoms with Gasteiger partial charge in [0.15, 0.2) is 0 Å². The molecule has 0 aliphatic carbocycles. The first kappa shape index (κ1) is 16.3. The molecular formula is C14H21ClO3S. The number of hydrogen-bond donors (Lipinski definition) is 0. The maximum absolute atomic E-state index is 11.1. The molecule has 1 aromatic carbocycles. The van der Waals surface area contributed by atoms with Gasteiger partial charge in [-0.3, -0.25) is 0 Å². The molecule has 0 radical (unpaired) electrons. The van der Waals surface area contributed by atoms with Crippen LogP contribution in [0.4, 0.5) is 0 Å². The highest BCUT2D eigenvalue weighted by atomic mass is 35.7. The number of halogens is 1. The van der Waals surface area contributed by atoms with E-state index >= 15 is 0 Å². The van der Waals surface area contributed by atoms with E-state index in [0.717, 1.165) is 25.0 Å². The molecule has 5 heteroatoms. The van der Waals surface area contributed by atoms with Crippen molar-refractivity contribution in [3.8, 4) is 5.75 Å². The first-order chi connectivity index (χ1) is 8.94. The Morgan fingerprint density at radius 3 is 2.63 bits per heavy atom. The SMILES string of the molecule is CCCC(COc1cccc(CC)c1)CS(=O)(=O)Cl. The molecule has 19 heavy (non-hydrogen) atoms. The lowest BCUT2D eigenvalue weighted by Gasteiger charge is -2.15. The second-order valence-electron chi connectivity index (χ2n) is 4.67. The molecule has 0 fully saturated rings. The van der Waals surface area contributed by atoms with E-state index in [1.54, 1.807) is 0 Å². The Labute approximate surface area is 120 Å². The topological polar surface area (TPSA) is 43.4 Å². The van der Waals surface area contributed by atoms with Crippen LogP contribution in [0.15, 0.2) is 24.3 Å². The average Bonchev–Trinajstić information content (AvgIpc) is 2.35. The van der Waals surface area contributed by atoms with E-state index in [1.165, 1.54) is 5.56 Å². The predicted molar refractivity (Wildman–Crippen MR) is 79.4 cm³/mol. The summed E-state index contributed by atoms with van der Waals surface area (Å²) in [4.78, 5) is 0. The first-order valence-electron chi connectivity index (χ1n) is 6.58. The number of rotatable bonds is 8. The third-order valence-corrected chi connectivity index (χ3v) is 4.17. The highest BCUT2D eigenvalue weighted by Gasteiger charge is 2.17. The Hall–Kier alpha value is -0.740. The molecule has 1 unspecified atom stereocenters. The Morgan fingerprint density at radius 1 is 1.32 bits per heavy atom. The van der Waals surface area contributed by atoms with Crippen LogP contribution in [0.1, 0.15) is 32.3 Å². The van der Waals surface area contributed by atoms with Gasteiger partial charge in [-0.05, 0) is 30.5 Å². The van der Waals surface area contributed by atoms with Gasteiger partial charge in [-0.2, -0.15) is 0 Å². The first-order valence-corrected chi connectivity index (χ1v) is 9.06. The Kier molecular flexibility index (Phi) is 6.66. The quantitative estimate of drug-likeness (QED) is 0.689. The van der Waals surface area contributed by atoms with E-state index in [-0.39, 0.29) is 11.7 Å². The molecule has 108 valence electrons. The van der Waals surface area contributed by atoms with Crippen LogP contribution in [0, 0.1) is 5.92 Å². The van der Waals surface area contributed by atoms with Gasteiger partial charge in [0, 0.05) is 16.6 Å². The summed E-state index contributed by atoms with van der Waals surface area (Å²) >= 11 is 0. The molecular weight excluding hydrogens is 284 g/mol. The Morgan fingerprint density at radius 2 is 2.05 bits per heavy atom. The fraction of sp³-hybridized carbons (Fsp3) is 0.571. The number of hydrogen-bond acceptors (Lipinski definition) is 3. The van der Waals surface area contributed by atoms with E-state index in [9.17, 15) is 8.42 Å². The molecule has 0 saturated carbocycles. The Bertz CT molecular complexity index is 485. The van der Waals surface area contributed by atoms with Crippen LogP contribution in [0.3, 0.4) is 0 Å². The molecule has 0 spiro atoms. The smallest absolute Gasteiger partial charge is 0.232 e. The van der Waals surface area contributed by atoms with Crippen LogP contribution in [-0.4, -0.2) is 20.8 Å². The average molecular weight is 305 g/mol. The van der Waals surface area contributed by atoms with Gasteiger partial charge >= 0.3 is 0 Å². The third kappa shape index (κ3) is 6.83. The van der Waals surface area contributed by atoms with E-state index in [0.29, 0.717) is 6.61 Å². The van der Waals surface area contributed by atoms with Gasteiger partial charge < -0.3 is 4.74 Å². The molecule has 0 aliphatic rings. The zero-order chi connectivity index (χ0) is 14.3. The highest BCUT2D eigenvalue weighted by molar-refractivity contribution is 8.13. The van der Waals surface area contributed by atoms with E-state index in [2.05, 4.69) is 6.92 Å². The van der Waals surface area contributed by atoms with Crippen LogP contribution in [0.25, 0.3) is 0 Å². The van der Waals surface area contributed by atoms with Gasteiger partial charge in [-0.25, -0.2) is 8.42 Å². The normalized spacial score (nSPS) is 13.2. The van der Waals surface area contributed by atoms with Crippen LogP contribution < -0.4 is 4.74 Å². The largest absolute Gasteiger partial charge is 0.493 e. The zero-order valence-corrected chi connectivity index (χ0v) is 13.0. The van der Waals surface area contributed by atoms with Crippen molar-refractivity contribution in [1.29, 1.82) is 0 Å². The summed E-state index contributed by atoms with van der Waals surface area (Å²) in [5.41, 5.74) is 1.20. The monoisotopic (exact) mass is 304 g/mol. The van der Waals surface area contributed by atoms with Crippen molar-refractivity contribution < 1.29 is 13.2 Å². The lowest BCUT2D eigenvalue weighted by Crippen LogP contribution is -2.19. The minimum absolute atomic E-state index is 0.0319. The molecule has 3 nitrogen and oxygen atoms in total. The van der Waals surface area contributed by atoms with Gasteiger partial charge in [-0.1, -0.05) is 32.4 Å². The molecule has 1 atom stereocenters. The van der Waals surface area contributed by atoms with Gasteiger partial charge in [0.25, 0.3) is 0 Å². The fourth-order valence-electron chi connectivity index (χ4n) is 1.97. The summed E-state index contributed by atoms with van der Waals surface area (Å²) in [6.45, 7) is 4.48. The standard InChI is InChI=1S/C14H21ClO3S/c1-3-6-13(11-19(15,16)17)10-18-14-8-5-7-12(4-2)9-14/h5,7-9,13H,3-4,6,10-11H2,1-2H3. The number of aryl methyl sites for hydroxylation is 1. The van der Waals surface area contributed by atoms with E-state index in [1.807, 2.05) is 31.2 Å². The van der Waals surface area contributed by atoms with Gasteiger partial charge in [0.2, 0.25) is 9.05 Å². The van der Waals surface area contributed by atoms with Crippen molar-refractivity contribution in [3.63, 3.8) is 0 Å². The van der Waals surface area contributed by atoms with Crippen molar-refractivity contribution in [2.24, 2.45) is 5.92 Å². The highest BCUT2D eigenvalue weighted by Crippen LogP contribution is 2.18. The minimum atomic E-state index is -3.47. The van der Waals surface area contributed by atoms with Crippen molar-refractivity contribution in [1.82, 2.24) is 0 Å².